The molecule has 1 amide bonds. The second kappa shape index (κ2) is 6.55. The topological polar surface area (TPSA) is 68.8 Å². The van der Waals surface area contributed by atoms with Gasteiger partial charge in [0.25, 0.3) is 5.91 Å². The number of amides is 1. The zero-order valence-electron chi connectivity index (χ0n) is 15.5. The van der Waals surface area contributed by atoms with Crippen LogP contribution in [0.25, 0.3) is 11.0 Å². The molecule has 1 atom stereocenters. The summed E-state index contributed by atoms with van der Waals surface area (Å²) in [7, 11) is 1.80. The van der Waals surface area contributed by atoms with Gasteiger partial charge in [0.05, 0.1) is 17.2 Å². The molecule has 0 aliphatic carbocycles. The minimum absolute atomic E-state index is 0.0423. The van der Waals surface area contributed by atoms with Gasteiger partial charge in [-0.15, -0.1) is 0 Å². The number of rotatable bonds is 4. The van der Waals surface area contributed by atoms with Crippen LogP contribution in [-0.2, 0) is 13.6 Å². The van der Waals surface area contributed by atoms with E-state index in [0.29, 0.717) is 18.2 Å². The molecular weight excluding hydrogens is 328 g/mol. The van der Waals surface area contributed by atoms with Crippen LogP contribution in [0.1, 0.15) is 42.5 Å². The van der Waals surface area contributed by atoms with Crippen molar-refractivity contribution in [2.75, 3.05) is 13.1 Å². The number of aryl methyl sites for hydroxylation is 1. The summed E-state index contributed by atoms with van der Waals surface area (Å²) in [6, 6.07) is 3.73. The van der Waals surface area contributed by atoms with Gasteiger partial charge in [0.2, 0.25) is 0 Å². The Kier molecular flexibility index (Phi) is 4.22. The summed E-state index contributed by atoms with van der Waals surface area (Å²) >= 11 is 0. The van der Waals surface area contributed by atoms with Gasteiger partial charge in [-0.2, -0.15) is 5.10 Å². The first kappa shape index (κ1) is 16.8. The van der Waals surface area contributed by atoms with Crippen LogP contribution in [-0.4, -0.2) is 48.2 Å². The van der Waals surface area contributed by atoms with E-state index < -0.39 is 0 Å². The third kappa shape index (κ3) is 2.87. The van der Waals surface area contributed by atoms with Gasteiger partial charge in [-0.05, 0) is 24.5 Å². The predicted octanol–water partition coefficient (Wildman–Crippen LogP) is 2.45. The molecule has 4 rings (SSSR count). The van der Waals surface area contributed by atoms with Crippen molar-refractivity contribution in [3.05, 3.63) is 42.2 Å². The Morgan fingerprint density at radius 1 is 1.31 bits per heavy atom. The summed E-state index contributed by atoms with van der Waals surface area (Å²) in [4.78, 5) is 23.8. The van der Waals surface area contributed by atoms with Crippen LogP contribution in [0.2, 0.25) is 0 Å². The molecule has 1 aliphatic rings. The van der Waals surface area contributed by atoms with Gasteiger partial charge >= 0.3 is 0 Å². The van der Waals surface area contributed by atoms with Gasteiger partial charge in [-0.25, -0.2) is 4.98 Å². The summed E-state index contributed by atoms with van der Waals surface area (Å²) in [6.07, 6.45) is 6.27. The summed E-state index contributed by atoms with van der Waals surface area (Å²) in [5, 5.41) is 4.11. The van der Waals surface area contributed by atoms with E-state index in [1.165, 1.54) is 0 Å². The van der Waals surface area contributed by atoms with Crippen molar-refractivity contribution < 1.29 is 4.79 Å². The summed E-state index contributed by atoms with van der Waals surface area (Å²) in [5.41, 5.74) is 2.69. The van der Waals surface area contributed by atoms with E-state index in [-0.39, 0.29) is 11.8 Å². The first-order chi connectivity index (χ1) is 12.5. The molecule has 1 fully saturated rings. The number of hydrogen-bond donors (Lipinski definition) is 0. The highest BCUT2D eigenvalue weighted by Crippen LogP contribution is 2.30. The van der Waals surface area contributed by atoms with Crippen molar-refractivity contribution in [1.82, 2.24) is 29.2 Å². The van der Waals surface area contributed by atoms with Crippen LogP contribution >= 0.6 is 0 Å². The predicted molar refractivity (Wildman–Crippen MR) is 98.8 cm³/mol. The highest BCUT2D eigenvalue weighted by atomic mass is 16.2. The van der Waals surface area contributed by atoms with Crippen molar-refractivity contribution in [2.24, 2.45) is 13.0 Å². The Labute approximate surface area is 152 Å². The van der Waals surface area contributed by atoms with Crippen molar-refractivity contribution in [3.8, 4) is 0 Å². The standard InChI is InChI=1S/C19H24N6O/c1-13(2)11-25-17-10-20-7-4-15(17)22-18(25)14-6-9-24(12-14)19(26)16-5-8-21-23(16)3/h4-5,7-8,10,13-14H,6,9,11-12H2,1-3H3. The second-order valence-corrected chi connectivity index (χ2v) is 7.42. The van der Waals surface area contributed by atoms with Gasteiger partial charge in [0.1, 0.15) is 11.5 Å². The Hall–Kier alpha value is -2.70. The Bertz CT molecular complexity index is 941. The molecule has 136 valence electrons. The number of likely N-dealkylation sites (tertiary alicyclic amines) is 1. The van der Waals surface area contributed by atoms with E-state index in [1.54, 1.807) is 30.2 Å². The maximum Gasteiger partial charge on any atom is 0.272 e. The Balaban J connectivity index is 1.62. The molecule has 4 heterocycles. The average molecular weight is 352 g/mol. The molecule has 26 heavy (non-hydrogen) atoms. The summed E-state index contributed by atoms with van der Waals surface area (Å²) in [5.74, 6) is 1.88. The van der Waals surface area contributed by atoms with E-state index in [4.69, 9.17) is 4.98 Å². The molecule has 3 aromatic heterocycles. The van der Waals surface area contributed by atoms with Gasteiger partial charge in [-0.3, -0.25) is 14.5 Å². The Morgan fingerprint density at radius 2 is 2.15 bits per heavy atom. The van der Waals surface area contributed by atoms with Crippen molar-refractivity contribution in [2.45, 2.75) is 32.7 Å². The highest BCUT2D eigenvalue weighted by Gasteiger charge is 2.32. The normalized spacial score (nSPS) is 17.5. The molecule has 0 bridgehead atoms. The van der Waals surface area contributed by atoms with Gasteiger partial charge in [0, 0.05) is 45.0 Å². The van der Waals surface area contributed by atoms with E-state index >= 15 is 0 Å². The fourth-order valence-electron chi connectivity index (χ4n) is 3.76. The van der Waals surface area contributed by atoms with E-state index in [0.717, 1.165) is 36.4 Å². The number of nitrogens with zero attached hydrogens (tertiary/aromatic N) is 6. The monoisotopic (exact) mass is 352 g/mol. The third-order valence-electron chi connectivity index (χ3n) is 5.01. The first-order valence-electron chi connectivity index (χ1n) is 9.12. The molecule has 3 aromatic rings. The maximum absolute atomic E-state index is 12.8. The molecule has 0 spiro atoms. The average Bonchev–Trinajstić information content (AvgIpc) is 3.33. The molecule has 1 unspecified atom stereocenters. The lowest BCUT2D eigenvalue weighted by molar-refractivity contribution is 0.0779. The van der Waals surface area contributed by atoms with E-state index in [9.17, 15) is 4.79 Å². The minimum atomic E-state index is 0.0423. The number of imidazole rings is 1. The number of hydrogen-bond acceptors (Lipinski definition) is 4. The molecular formula is C19H24N6O. The van der Waals surface area contributed by atoms with Crippen molar-refractivity contribution in [1.29, 1.82) is 0 Å². The summed E-state index contributed by atoms with van der Waals surface area (Å²) in [6.45, 7) is 6.76. The van der Waals surface area contributed by atoms with Crippen LogP contribution in [0.4, 0.5) is 0 Å². The lowest BCUT2D eigenvalue weighted by Crippen LogP contribution is -2.30. The fraction of sp³-hybridized carbons (Fsp3) is 0.474. The summed E-state index contributed by atoms with van der Waals surface area (Å²) < 4.78 is 3.92. The smallest absolute Gasteiger partial charge is 0.272 e. The minimum Gasteiger partial charge on any atom is -0.337 e. The van der Waals surface area contributed by atoms with Crippen molar-refractivity contribution >= 4 is 16.9 Å². The largest absolute Gasteiger partial charge is 0.337 e. The van der Waals surface area contributed by atoms with Crippen LogP contribution in [0.5, 0.6) is 0 Å². The number of carbonyl (C=O) groups excluding carboxylic acids is 1. The first-order valence-corrected chi connectivity index (χ1v) is 9.12. The molecule has 1 saturated heterocycles. The molecule has 0 saturated carbocycles. The molecule has 7 heteroatoms. The zero-order chi connectivity index (χ0) is 18.3. The number of pyridine rings is 1. The van der Waals surface area contributed by atoms with E-state index in [1.807, 2.05) is 17.2 Å². The fourth-order valence-corrected chi connectivity index (χ4v) is 3.76. The number of carbonyl (C=O) groups is 1. The van der Waals surface area contributed by atoms with Gasteiger partial charge in [0.15, 0.2) is 0 Å². The van der Waals surface area contributed by atoms with E-state index in [2.05, 4.69) is 28.5 Å². The highest BCUT2D eigenvalue weighted by molar-refractivity contribution is 5.92. The lowest BCUT2D eigenvalue weighted by Gasteiger charge is -2.18. The number of aromatic nitrogens is 5. The van der Waals surface area contributed by atoms with Crippen LogP contribution in [0.3, 0.4) is 0 Å². The zero-order valence-corrected chi connectivity index (χ0v) is 15.5. The SMILES string of the molecule is CC(C)Cn1c(C2CCN(C(=O)c3ccnn3C)C2)nc2ccncc21. The van der Waals surface area contributed by atoms with Crippen LogP contribution in [0.15, 0.2) is 30.7 Å². The molecule has 1 aliphatic heterocycles. The molecule has 0 radical (unpaired) electrons. The number of fused-ring (bicyclic) bond motifs is 1. The maximum atomic E-state index is 12.8. The van der Waals surface area contributed by atoms with Crippen molar-refractivity contribution in [3.63, 3.8) is 0 Å². The van der Waals surface area contributed by atoms with Gasteiger partial charge in [-0.1, -0.05) is 13.8 Å². The van der Waals surface area contributed by atoms with Crippen LogP contribution in [0, 0.1) is 5.92 Å². The molecule has 0 aromatic carbocycles. The second-order valence-electron chi connectivity index (χ2n) is 7.42. The quantitative estimate of drug-likeness (QED) is 0.723. The lowest BCUT2D eigenvalue weighted by atomic mass is 10.1. The Morgan fingerprint density at radius 3 is 2.88 bits per heavy atom. The van der Waals surface area contributed by atoms with Gasteiger partial charge < -0.3 is 9.47 Å². The molecule has 7 nitrogen and oxygen atoms in total. The third-order valence-corrected chi connectivity index (χ3v) is 5.01. The van der Waals surface area contributed by atoms with Crippen LogP contribution < -0.4 is 0 Å². The molecule has 0 N–H and O–H groups in total.